The predicted octanol–water partition coefficient (Wildman–Crippen LogP) is 7.70. The van der Waals surface area contributed by atoms with Gasteiger partial charge in [0.05, 0.1) is 23.1 Å². The Hall–Kier alpha value is -2.09. The van der Waals surface area contributed by atoms with E-state index in [9.17, 15) is 9.00 Å². The van der Waals surface area contributed by atoms with Crippen LogP contribution in [0.3, 0.4) is 0 Å². The maximum absolute atomic E-state index is 13.4. The molecule has 6 nitrogen and oxygen atoms in total. The van der Waals surface area contributed by atoms with Crippen molar-refractivity contribution in [3.8, 4) is 5.75 Å². The summed E-state index contributed by atoms with van der Waals surface area (Å²) in [4.78, 5) is 15.8. The van der Waals surface area contributed by atoms with Crippen LogP contribution in [0, 0.1) is 17.8 Å². The first-order valence-electron chi connectivity index (χ1n) is 16.3. The lowest BCUT2D eigenvalue weighted by Crippen LogP contribution is -2.52. The van der Waals surface area contributed by atoms with Gasteiger partial charge in [-0.1, -0.05) is 51.3 Å². The van der Waals surface area contributed by atoms with Gasteiger partial charge in [0, 0.05) is 36.7 Å². The highest BCUT2D eigenvalue weighted by atomic mass is 35.5. The van der Waals surface area contributed by atoms with Crippen LogP contribution in [0.25, 0.3) is 0 Å². The van der Waals surface area contributed by atoms with Gasteiger partial charge in [0.25, 0.3) is 5.91 Å². The molecular formula is C35H49ClN2O4S. The molecule has 1 aliphatic carbocycles. The number of amides is 1. The summed E-state index contributed by atoms with van der Waals surface area (Å²) in [5, 5.41) is 0.615. The van der Waals surface area contributed by atoms with E-state index in [1.165, 1.54) is 24.0 Å². The summed E-state index contributed by atoms with van der Waals surface area (Å²) in [7, 11) is 0.409. The summed E-state index contributed by atoms with van der Waals surface area (Å²) in [6, 6.07) is 11.9. The summed E-state index contributed by atoms with van der Waals surface area (Å²) < 4.78 is 29.0. The minimum atomic E-state index is -1.48. The van der Waals surface area contributed by atoms with E-state index < -0.39 is 11.0 Å². The topological polar surface area (TPSA) is 67.9 Å². The molecule has 0 aromatic heterocycles. The van der Waals surface area contributed by atoms with Crippen molar-refractivity contribution in [3.05, 3.63) is 58.1 Å². The molecule has 5 rings (SSSR count). The first-order chi connectivity index (χ1) is 20.7. The summed E-state index contributed by atoms with van der Waals surface area (Å²) >= 11 is 6.43. The first-order valence-corrected chi connectivity index (χ1v) is 17.9. The Morgan fingerprint density at radius 3 is 2.63 bits per heavy atom. The Balaban J connectivity index is 1.55. The highest BCUT2D eigenvalue weighted by Gasteiger charge is 2.47. The van der Waals surface area contributed by atoms with Crippen LogP contribution < -0.4 is 14.4 Å². The van der Waals surface area contributed by atoms with Crippen LogP contribution >= 0.6 is 11.6 Å². The number of halogens is 1. The van der Waals surface area contributed by atoms with Gasteiger partial charge >= 0.3 is 0 Å². The van der Waals surface area contributed by atoms with Gasteiger partial charge in [0.2, 0.25) is 0 Å². The SMILES string of the molecule is CCCc1cc(Cl)ccc1C1COc2ccc3cc2N(C1)CC1CCC1C(CC)(OC)CCCC(C)C(C)S(=O)NC3=O. The molecule has 7 atom stereocenters. The first kappa shape index (κ1) is 32.3. The normalized spacial score (nSPS) is 31.7. The number of methoxy groups -OCH3 is 1. The molecule has 0 saturated heterocycles. The number of benzene rings is 2. The number of anilines is 1. The Bertz CT molecular complexity index is 1310. The van der Waals surface area contributed by atoms with Crippen LogP contribution in [0.1, 0.15) is 100 Å². The lowest BCUT2D eigenvalue weighted by molar-refractivity contribution is -0.118. The number of hydrogen-bond acceptors (Lipinski definition) is 5. The number of rotatable bonds is 5. The maximum Gasteiger partial charge on any atom is 0.263 e. The monoisotopic (exact) mass is 628 g/mol. The van der Waals surface area contributed by atoms with Gasteiger partial charge in [-0.05, 0) is 105 Å². The number of carbonyl (C=O) groups excluding carboxylic acids is 1. The van der Waals surface area contributed by atoms with Crippen LogP contribution in [-0.2, 0) is 22.1 Å². The molecule has 0 radical (unpaired) electrons. The second-order valence-electron chi connectivity index (χ2n) is 13.1. The summed E-state index contributed by atoms with van der Waals surface area (Å²) in [5.74, 6) is 1.82. The smallest absolute Gasteiger partial charge is 0.263 e. The van der Waals surface area contributed by atoms with Gasteiger partial charge in [-0.3, -0.25) is 9.52 Å². The van der Waals surface area contributed by atoms with Gasteiger partial charge in [-0.25, -0.2) is 4.21 Å². The maximum atomic E-state index is 13.4. The van der Waals surface area contributed by atoms with Crippen molar-refractivity contribution in [2.45, 2.75) is 95.8 Å². The summed E-state index contributed by atoms with van der Waals surface area (Å²) in [6.07, 6.45) is 8.29. The standard InChI is InChI=1S/C35H49ClN2O4S/c1-6-9-25-18-29(36)13-14-30(25)28-21-38-20-27-11-15-31(27)35(7-2,41-5)17-8-10-23(3)24(4)43(40)37-34(39)26-12-16-33(42-22-28)32(38)19-26/h12-14,16,18-19,23-24,27-28,31H,6-11,15,17,20-22H2,1-5H3,(H,37,39). The molecule has 1 saturated carbocycles. The fraction of sp³-hybridized carbons (Fsp3) is 0.629. The van der Waals surface area contributed by atoms with Crippen LogP contribution in [-0.4, -0.2) is 47.8 Å². The van der Waals surface area contributed by atoms with E-state index in [2.05, 4.69) is 42.5 Å². The van der Waals surface area contributed by atoms with E-state index in [-0.39, 0.29) is 28.6 Å². The van der Waals surface area contributed by atoms with E-state index in [0.29, 0.717) is 24.0 Å². The van der Waals surface area contributed by atoms with Gasteiger partial charge < -0.3 is 14.4 Å². The number of aryl methyl sites for hydroxylation is 1. The third-order valence-electron chi connectivity index (χ3n) is 10.7. The second kappa shape index (κ2) is 13.9. The third kappa shape index (κ3) is 6.79. The highest BCUT2D eigenvalue weighted by molar-refractivity contribution is 7.84. The number of nitrogens with one attached hydrogen (secondary N) is 1. The molecule has 3 aliphatic rings. The van der Waals surface area contributed by atoms with Crippen LogP contribution in [0.5, 0.6) is 5.75 Å². The molecule has 1 amide bonds. The molecule has 2 aromatic carbocycles. The zero-order valence-corrected chi connectivity index (χ0v) is 28.1. The van der Waals surface area contributed by atoms with Gasteiger partial charge in [-0.15, -0.1) is 0 Å². The van der Waals surface area contributed by atoms with Gasteiger partial charge in [-0.2, -0.15) is 0 Å². The fourth-order valence-corrected chi connectivity index (χ4v) is 8.89. The Kier molecular flexibility index (Phi) is 10.5. The lowest BCUT2D eigenvalue weighted by Gasteiger charge is -2.51. The van der Waals surface area contributed by atoms with E-state index in [0.717, 1.165) is 68.1 Å². The van der Waals surface area contributed by atoms with Crippen molar-refractivity contribution >= 4 is 34.2 Å². The summed E-state index contributed by atoms with van der Waals surface area (Å²) in [6.45, 7) is 10.8. The van der Waals surface area contributed by atoms with E-state index >= 15 is 0 Å². The molecule has 2 aliphatic heterocycles. The van der Waals surface area contributed by atoms with E-state index in [1.54, 1.807) is 6.07 Å². The molecule has 7 unspecified atom stereocenters. The predicted molar refractivity (Wildman–Crippen MR) is 177 cm³/mol. The zero-order valence-electron chi connectivity index (χ0n) is 26.5. The molecule has 2 aromatic rings. The molecule has 8 heteroatoms. The molecule has 2 bridgehead atoms. The van der Waals surface area contributed by atoms with E-state index in [4.69, 9.17) is 21.1 Å². The lowest BCUT2D eigenvalue weighted by atomic mass is 9.62. The van der Waals surface area contributed by atoms with Crippen molar-refractivity contribution in [3.63, 3.8) is 0 Å². The van der Waals surface area contributed by atoms with Crippen LogP contribution in [0.2, 0.25) is 5.02 Å². The third-order valence-corrected chi connectivity index (χ3v) is 12.4. The number of fused-ring (bicyclic) bond motifs is 2. The number of hydrogen-bond donors (Lipinski definition) is 1. The molecule has 1 fully saturated rings. The molecule has 236 valence electrons. The van der Waals surface area contributed by atoms with Crippen molar-refractivity contribution < 1.29 is 18.5 Å². The average Bonchev–Trinajstić information content (AvgIpc) is 3.17. The molecular weight excluding hydrogens is 580 g/mol. The van der Waals surface area contributed by atoms with E-state index in [1.807, 2.05) is 32.2 Å². The average molecular weight is 629 g/mol. The minimum Gasteiger partial charge on any atom is -0.491 e. The largest absolute Gasteiger partial charge is 0.491 e. The van der Waals surface area contributed by atoms with Crippen LogP contribution in [0.15, 0.2) is 36.4 Å². The Labute approximate surface area is 265 Å². The molecule has 0 spiro atoms. The number of nitrogens with zero attached hydrogens (tertiary/aromatic N) is 1. The highest BCUT2D eigenvalue weighted by Crippen LogP contribution is 2.49. The quantitative estimate of drug-likeness (QED) is 0.368. The van der Waals surface area contributed by atoms with Crippen LogP contribution in [0.4, 0.5) is 5.69 Å². The number of ether oxygens (including phenoxy) is 2. The Morgan fingerprint density at radius 1 is 1.12 bits per heavy atom. The number of carbonyl (C=O) groups is 1. The van der Waals surface area contributed by atoms with Crippen molar-refractivity contribution in [2.75, 3.05) is 31.7 Å². The summed E-state index contributed by atoms with van der Waals surface area (Å²) in [5.41, 5.74) is 3.85. The van der Waals surface area contributed by atoms with Crippen molar-refractivity contribution in [1.82, 2.24) is 4.72 Å². The van der Waals surface area contributed by atoms with Crippen molar-refractivity contribution in [1.29, 1.82) is 0 Å². The molecule has 1 N–H and O–H groups in total. The zero-order chi connectivity index (χ0) is 30.7. The fourth-order valence-electron chi connectivity index (χ4n) is 7.65. The second-order valence-corrected chi connectivity index (χ2v) is 15.0. The minimum absolute atomic E-state index is 0.148. The van der Waals surface area contributed by atoms with Gasteiger partial charge in [0.1, 0.15) is 16.7 Å². The molecule has 2 heterocycles. The van der Waals surface area contributed by atoms with Gasteiger partial charge in [0.15, 0.2) is 0 Å². The molecule has 43 heavy (non-hydrogen) atoms. The Morgan fingerprint density at radius 2 is 1.93 bits per heavy atom. The van der Waals surface area contributed by atoms with Crippen molar-refractivity contribution in [2.24, 2.45) is 17.8 Å².